The van der Waals surface area contributed by atoms with Gasteiger partial charge < -0.3 is 4.52 Å². The van der Waals surface area contributed by atoms with Gasteiger partial charge in [0, 0.05) is 16.1 Å². The first-order chi connectivity index (χ1) is 14.2. The molecule has 0 N–H and O–H groups in total. The first-order valence-corrected chi connectivity index (χ1v) is 10.9. The van der Waals surface area contributed by atoms with Crippen molar-refractivity contribution < 1.29 is 8.91 Å². The van der Waals surface area contributed by atoms with Crippen LogP contribution in [0.3, 0.4) is 0 Å². The number of nitrogens with zero attached hydrogens (tertiary/aromatic N) is 5. The van der Waals surface area contributed by atoms with E-state index in [1.807, 2.05) is 28.8 Å². The lowest BCUT2D eigenvalue weighted by Crippen LogP contribution is -2.01. The minimum Gasteiger partial charge on any atom is -0.338 e. The monoisotopic (exact) mass is 471 g/mol. The Labute approximate surface area is 178 Å². The third kappa shape index (κ3) is 3.84. The molecule has 6 nitrogen and oxygen atoms in total. The summed E-state index contributed by atoms with van der Waals surface area (Å²) in [5.74, 6) is 1.77. The summed E-state index contributed by atoms with van der Waals surface area (Å²) in [5, 5.41) is 13.4. The maximum Gasteiger partial charge on any atom is 0.237 e. The number of aromatic nitrogens is 5. The van der Waals surface area contributed by atoms with Crippen LogP contribution in [0.1, 0.15) is 24.8 Å². The molecule has 0 radical (unpaired) electrons. The van der Waals surface area contributed by atoms with Crippen LogP contribution >= 0.6 is 27.7 Å². The number of thioether (sulfide) groups is 1. The largest absolute Gasteiger partial charge is 0.338 e. The van der Waals surface area contributed by atoms with Gasteiger partial charge in [-0.15, -0.1) is 10.2 Å². The molecular weight excluding hydrogens is 457 g/mol. The molecule has 1 saturated carbocycles. The number of rotatable bonds is 6. The quantitative estimate of drug-likeness (QED) is 0.344. The van der Waals surface area contributed by atoms with Gasteiger partial charge in [0.2, 0.25) is 11.7 Å². The van der Waals surface area contributed by atoms with E-state index in [0.717, 1.165) is 28.0 Å². The third-order valence-electron chi connectivity index (χ3n) is 4.57. The summed E-state index contributed by atoms with van der Waals surface area (Å²) in [6.45, 7) is 0. The summed E-state index contributed by atoms with van der Waals surface area (Å²) in [6, 6.07) is 14.7. The molecule has 2 aromatic heterocycles. The molecule has 0 spiro atoms. The van der Waals surface area contributed by atoms with E-state index in [1.165, 1.54) is 17.8 Å². The van der Waals surface area contributed by atoms with Crippen molar-refractivity contribution in [1.29, 1.82) is 0 Å². The Morgan fingerprint density at radius 3 is 2.79 bits per heavy atom. The molecule has 0 saturated heterocycles. The van der Waals surface area contributed by atoms with Gasteiger partial charge in [0.1, 0.15) is 5.82 Å². The second-order valence-corrected chi connectivity index (χ2v) is 8.56. The molecule has 4 aromatic rings. The summed E-state index contributed by atoms with van der Waals surface area (Å²) < 4.78 is 22.6. The summed E-state index contributed by atoms with van der Waals surface area (Å²) in [7, 11) is 0. The second-order valence-electron chi connectivity index (χ2n) is 6.70. The Morgan fingerprint density at radius 1 is 1.14 bits per heavy atom. The molecule has 146 valence electrons. The minimum absolute atomic E-state index is 0.297. The van der Waals surface area contributed by atoms with E-state index in [0.29, 0.717) is 34.9 Å². The third-order valence-corrected chi connectivity index (χ3v) is 5.99. The zero-order chi connectivity index (χ0) is 19.8. The highest BCUT2D eigenvalue weighted by molar-refractivity contribution is 9.10. The van der Waals surface area contributed by atoms with Gasteiger partial charge >= 0.3 is 0 Å². The summed E-state index contributed by atoms with van der Waals surface area (Å²) in [4.78, 5) is 4.47. The highest BCUT2D eigenvalue weighted by Gasteiger charge is 2.31. The Bertz CT molecular complexity index is 1170. The molecule has 2 aromatic carbocycles. The molecule has 1 aliphatic rings. The molecule has 0 atom stereocenters. The lowest BCUT2D eigenvalue weighted by atomic mass is 10.2. The smallest absolute Gasteiger partial charge is 0.237 e. The van der Waals surface area contributed by atoms with Crippen molar-refractivity contribution in [3.05, 3.63) is 64.7 Å². The minimum atomic E-state index is -0.297. The summed E-state index contributed by atoms with van der Waals surface area (Å²) in [5.41, 5.74) is 1.34. The molecule has 0 bridgehead atoms. The normalized spacial score (nSPS) is 13.7. The standard InChI is InChI=1S/C20H15BrFN5OS/c21-13-5-3-4-12(10-13)18-23-17(28-26-18)11-29-20-25-24-19(27(20)14-8-9-14)15-6-1-2-7-16(15)22/h1-7,10,14H,8-9,11H2. The van der Waals surface area contributed by atoms with E-state index in [2.05, 4.69) is 36.3 Å². The molecule has 1 aliphatic carbocycles. The first kappa shape index (κ1) is 18.5. The van der Waals surface area contributed by atoms with Crippen LogP contribution in [0, 0.1) is 5.82 Å². The first-order valence-electron chi connectivity index (χ1n) is 9.10. The zero-order valence-corrected chi connectivity index (χ0v) is 17.5. The lowest BCUT2D eigenvalue weighted by Gasteiger charge is -2.08. The van der Waals surface area contributed by atoms with Gasteiger partial charge in [-0.2, -0.15) is 4.98 Å². The lowest BCUT2D eigenvalue weighted by molar-refractivity contribution is 0.391. The Kier molecular flexibility index (Phi) is 4.92. The van der Waals surface area contributed by atoms with Crippen molar-refractivity contribution in [1.82, 2.24) is 24.9 Å². The van der Waals surface area contributed by atoms with Crippen LogP contribution in [-0.4, -0.2) is 24.9 Å². The van der Waals surface area contributed by atoms with Crippen molar-refractivity contribution in [2.24, 2.45) is 0 Å². The average Bonchev–Trinajstić information content (AvgIpc) is 3.30. The topological polar surface area (TPSA) is 69.6 Å². The van der Waals surface area contributed by atoms with Crippen LogP contribution in [0.4, 0.5) is 4.39 Å². The van der Waals surface area contributed by atoms with E-state index in [1.54, 1.807) is 18.2 Å². The number of benzene rings is 2. The van der Waals surface area contributed by atoms with Crippen LogP contribution in [0.5, 0.6) is 0 Å². The van der Waals surface area contributed by atoms with Gasteiger partial charge in [0.25, 0.3) is 0 Å². The number of hydrogen-bond acceptors (Lipinski definition) is 6. The van der Waals surface area contributed by atoms with E-state index < -0.39 is 0 Å². The van der Waals surface area contributed by atoms with Gasteiger partial charge in [0.15, 0.2) is 11.0 Å². The molecular formula is C20H15BrFN5OS. The van der Waals surface area contributed by atoms with Crippen LogP contribution in [0.2, 0.25) is 0 Å². The SMILES string of the molecule is Fc1ccccc1-c1nnc(SCc2nc(-c3cccc(Br)c3)no2)n1C1CC1. The molecule has 0 unspecified atom stereocenters. The van der Waals surface area contributed by atoms with Crippen LogP contribution in [-0.2, 0) is 5.75 Å². The van der Waals surface area contributed by atoms with Gasteiger partial charge in [-0.05, 0) is 37.1 Å². The molecule has 2 heterocycles. The molecule has 29 heavy (non-hydrogen) atoms. The number of halogens is 2. The van der Waals surface area contributed by atoms with Crippen molar-refractivity contribution in [2.75, 3.05) is 0 Å². The van der Waals surface area contributed by atoms with E-state index in [4.69, 9.17) is 4.52 Å². The maximum absolute atomic E-state index is 14.3. The molecule has 5 rings (SSSR count). The molecule has 9 heteroatoms. The Balaban J connectivity index is 1.38. The molecule has 0 aliphatic heterocycles. The fourth-order valence-corrected chi connectivity index (χ4v) is 4.29. The van der Waals surface area contributed by atoms with Crippen molar-refractivity contribution >= 4 is 27.7 Å². The van der Waals surface area contributed by atoms with Crippen LogP contribution in [0.15, 0.2) is 62.7 Å². The zero-order valence-electron chi connectivity index (χ0n) is 15.1. The molecule has 0 amide bonds. The van der Waals surface area contributed by atoms with Gasteiger partial charge in [0.05, 0.1) is 11.3 Å². The maximum atomic E-state index is 14.3. The van der Waals surface area contributed by atoms with Crippen molar-refractivity contribution in [3.8, 4) is 22.8 Å². The summed E-state index contributed by atoms with van der Waals surface area (Å²) in [6.07, 6.45) is 2.08. The summed E-state index contributed by atoms with van der Waals surface area (Å²) >= 11 is 4.91. The highest BCUT2D eigenvalue weighted by Crippen LogP contribution is 2.41. The predicted octanol–water partition coefficient (Wildman–Crippen LogP) is 5.52. The van der Waals surface area contributed by atoms with Crippen LogP contribution in [0.25, 0.3) is 22.8 Å². The van der Waals surface area contributed by atoms with E-state index in [-0.39, 0.29) is 5.82 Å². The Hall–Kier alpha value is -2.52. The molecule has 1 fully saturated rings. The fourth-order valence-electron chi connectivity index (χ4n) is 3.05. The van der Waals surface area contributed by atoms with E-state index in [9.17, 15) is 4.39 Å². The van der Waals surface area contributed by atoms with Crippen molar-refractivity contribution in [3.63, 3.8) is 0 Å². The number of hydrogen-bond donors (Lipinski definition) is 0. The second kappa shape index (κ2) is 7.72. The van der Waals surface area contributed by atoms with Gasteiger partial charge in [-0.1, -0.05) is 57.1 Å². The predicted molar refractivity (Wildman–Crippen MR) is 111 cm³/mol. The van der Waals surface area contributed by atoms with Crippen LogP contribution < -0.4 is 0 Å². The van der Waals surface area contributed by atoms with Gasteiger partial charge in [-0.3, -0.25) is 4.57 Å². The van der Waals surface area contributed by atoms with Gasteiger partial charge in [-0.25, -0.2) is 4.39 Å². The Morgan fingerprint density at radius 2 is 2.00 bits per heavy atom. The van der Waals surface area contributed by atoms with E-state index >= 15 is 0 Å². The highest BCUT2D eigenvalue weighted by atomic mass is 79.9. The fraction of sp³-hybridized carbons (Fsp3) is 0.200. The van der Waals surface area contributed by atoms with Crippen molar-refractivity contribution in [2.45, 2.75) is 29.8 Å². The average molecular weight is 472 g/mol.